The van der Waals surface area contributed by atoms with Gasteiger partial charge in [0.2, 0.25) is 0 Å². The van der Waals surface area contributed by atoms with Crippen molar-refractivity contribution in [1.29, 1.82) is 0 Å². The van der Waals surface area contributed by atoms with Gasteiger partial charge < -0.3 is 20.1 Å². The van der Waals surface area contributed by atoms with Crippen molar-refractivity contribution in [3.8, 4) is 0 Å². The van der Waals surface area contributed by atoms with Gasteiger partial charge in [0.05, 0.1) is 6.61 Å². The maximum atomic E-state index is 12.4. The van der Waals surface area contributed by atoms with Gasteiger partial charge in [-0.3, -0.25) is 9.59 Å². The van der Waals surface area contributed by atoms with Gasteiger partial charge in [0, 0.05) is 12.8 Å². The van der Waals surface area contributed by atoms with Gasteiger partial charge in [-0.25, -0.2) is 0 Å². The second-order valence-corrected chi connectivity index (χ2v) is 12.4. The lowest BCUT2D eigenvalue weighted by molar-refractivity contribution is -0.150. The van der Waals surface area contributed by atoms with E-state index in [-0.39, 0.29) is 18.0 Å². The first-order chi connectivity index (χ1) is 20.6. The summed E-state index contributed by atoms with van der Waals surface area (Å²) in [7, 11) is 0. The van der Waals surface area contributed by atoms with Crippen LogP contribution in [0.1, 0.15) is 181 Å². The molecule has 0 amide bonds. The third kappa shape index (κ3) is 29.0. The molecule has 6 heteroatoms. The molecule has 42 heavy (non-hydrogen) atoms. The molecule has 0 fully saturated rings. The molecular formula is C36H72N2O4. The number of rotatable bonds is 33. The van der Waals surface area contributed by atoms with Crippen LogP contribution in [0.2, 0.25) is 0 Å². The molecule has 0 unspecified atom stereocenters. The Bertz CT molecular complexity index is 577. The van der Waals surface area contributed by atoms with E-state index in [1.807, 2.05) is 0 Å². The lowest BCUT2D eigenvalue weighted by Crippen LogP contribution is -2.28. The van der Waals surface area contributed by atoms with Gasteiger partial charge in [-0.1, -0.05) is 104 Å². The molecule has 0 bridgehead atoms. The van der Waals surface area contributed by atoms with Gasteiger partial charge >= 0.3 is 11.9 Å². The van der Waals surface area contributed by atoms with Crippen molar-refractivity contribution in [2.24, 2.45) is 5.73 Å². The zero-order valence-electron chi connectivity index (χ0n) is 28.4. The number of unbranched alkanes of at least 4 members (excludes halogenated alkanes) is 15. The fourth-order valence-electron chi connectivity index (χ4n) is 5.46. The van der Waals surface area contributed by atoms with Crippen molar-refractivity contribution in [3.63, 3.8) is 0 Å². The summed E-state index contributed by atoms with van der Waals surface area (Å²) in [5.74, 6) is -0.0117. The Morgan fingerprint density at radius 1 is 0.548 bits per heavy atom. The number of ether oxygens (including phenoxy) is 2. The minimum absolute atomic E-state index is 0.0127. The molecule has 0 aromatic rings. The van der Waals surface area contributed by atoms with Gasteiger partial charge in [0.25, 0.3) is 0 Å². The molecule has 0 heterocycles. The van der Waals surface area contributed by atoms with Crippen LogP contribution in [0.15, 0.2) is 0 Å². The normalized spacial score (nSPS) is 11.5. The molecule has 0 atom stereocenters. The third-order valence-electron chi connectivity index (χ3n) is 8.21. The van der Waals surface area contributed by atoms with Gasteiger partial charge in [0.1, 0.15) is 6.10 Å². The Morgan fingerprint density at radius 3 is 1.55 bits per heavy atom. The fourth-order valence-corrected chi connectivity index (χ4v) is 5.46. The van der Waals surface area contributed by atoms with E-state index in [1.165, 1.54) is 89.9 Å². The number of hydrogen-bond donors (Lipinski definition) is 1. The summed E-state index contributed by atoms with van der Waals surface area (Å²) in [5.41, 5.74) is 5.79. The van der Waals surface area contributed by atoms with Crippen LogP contribution >= 0.6 is 0 Å². The molecule has 6 nitrogen and oxygen atoms in total. The lowest BCUT2D eigenvalue weighted by atomic mass is 10.0. The van der Waals surface area contributed by atoms with E-state index in [0.29, 0.717) is 19.4 Å². The van der Waals surface area contributed by atoms with Crippen LogP contribution in [0.4, 0.5) is 0 Å². The number of hydrogen-bond acceptors (Lipinski definition) is 6. The minimum Gasteiger partial charge on any atom is -0.466 e. The van der Waals surface area contributed by atoms with Crippen molar-refractivity contribution in [2.45, 2.75) is 187 Å². The Balaban J connectivity index is 3.91. The molecule has 2 N–H and O–H groups in total. The quantitative estimate of drug-likeness (QED) is 0.0600. The summed E-state index contributed by atoms with van der Waals surface area (Å²) < 4.78 is 11.2. The Hall–Kier alpha value is -1.14. The first-order valence-electron chi connectivity index (χ1n) is 18.3. The molecule has 0 spiro atoms. The molecular weight excluding hydrogens is 524 g/mol. The highest BCUT2D eigenvalue weighted by Gasteiger charge is 2.14. The minimum atomic E-state index is -0.0244. The predicted octanol–water partition coefficient (Wildman–Crippen LogP) is 9.51. The fraction of sp³-hybridized carbons (Fsp3) is 0.944. The zero-order valence-corrected chi connectivity index (χ0v) is 28.4. The first-order valence-corrected chi connectivity index (χ1v) is 18.3. The summed E-state index contributed by atoms with van der Waals surface area (Å²) >= 11 is 0. The summed E-state index contributed by atoms with van der Waals surface area (Å²) in [4.78, 5) is 26.8. The second kappa shape index (κ2) is 32.8. The van der Waals surface area contributed by atoms with Crippen molar-refractivity contribution < 1.29 is 19.1 Å². The number of esters is 2. The maximum Gasteiger partial charge on any atom is 0.306 e. The predicted molar refractivity (Wildman–Crippen MR) is 179 cm³/mol. The smallest absolute Gasteiger partial charge is 0.306 e. The van der Waals surface area contributed by atoms with Gasteiger partial charge in [-0.2, -0.15) is 0 Å². The molecule has 0 aliphatic rings. The number of nitrogens with zero attached hydrogens (tertiary/aromatic N) is 1. The van der Waals surface area contributed by atoms with Crippen molar-refractivity contribution in [3.05, 3.63) is 0 Å². The Labute approximate surface area is 261 Å². The van der Waals surface area contributed by atoms with E-state index in [0.717, 1.165) is 84.0 Å². The van der Waals surface area contributed by atoms with Gasteiger partial charge in [-0.15, -0.1) is 0 Å². The molecule has 0 aliphatic heterocycles. The van der Waals surface area contributed by atoms with E-state index in [2.05, 4.69) is 25.7 Å². The topological polar surface area (TPSA) is 81.9 Å². The molecule has 0 radical (unpaired) electrons. The van der Waals surface area contributed by atoms with E-state index < -0.39 is 0 Å². The molecule has 0 aromatic heterocycles. The van der Waals surface area contributed by atoms with Crippen molar-refractivity contribution in [2.75, 3.05) is 32.8 Å². The van der Waals surface area contributed by atoms with Crippen LogP contribution in [-0.2, 0) is 19.1 Å². The van der Waals surface area contributed by atoms with Crippen LogP contribution in [-0.4, -0.2) is 55.7 Å². The van der Waals surface area contributed by atoms with Crippen molar-refractivity contribution in [1.82, 2.24) is 4.90 Å². The van der Waals surface area contributed by atoms with Gasteiger partial charge in [0.15, 0.2) is 0 Å². The monoisotopic (exact) mass is 597 g/mol. The highest BCUT2D eigenvalue weighted by atomic mass is 16.5. The van der Waals surface area contributed by atoms with Crippen LogP contribution in [0, 0.1) is 0 Å². The molecule has 250 valence electrons. The first kappa shape index (κ1) is 40.9. The standard InChI is InChI=1S/C36H72N2O4/c1-4-7-10-23-33-41-35(39)27-19-13-11-15-21-30-38(32-24-29-37)31-22-16-12-14-20-28-36(40)42-34(25-17-8-5-2)26-18-9-6-3/h34H,4-33,37H2,1-3H3. The van der Waals surface area contributed by atoms with Crippen LogP contribution in [0.5, 0.6) is 0 Å². The molecule has 0 saturated carbocycles. The maximum absolute atomic E-state index is 12.4. The lowest BCUT2D eigenvalue weighted by Gasteiger charge is -2.22. The summed E-state index contributed by atoms with van der Waals surface area (Å²) in [5, 5.41) is 0. The highest BCUT2D eigenvalue weighted by Crippen LogP contribution is 2.16. The summed E-state index contributed by atoms with van der Waals surface area (Å²) in [6, 6.07) is 0. The third-order valence-corrected chi connectivity index (χ3v) is 8.21. The zero-order chi connectivity index (χ0) is 30.9. The van der Waals surface area contributed by atoms with Crippen LogP contribution < -0.4 is 5.73 Å². The van der Waals surface area contributed by atoms with E-state index in [1.54, 1.807) is 0 Å². The molecule has 0 aromatic carbocycles. The summed E-state index contributed by atoms with van der Waals surface area (Å²) in [6.45, 7) is 11.3. The largest absolute Gasteiger partial charge is 0.466 e. The average molecular weight is 597 g/mol. The SMILES string of the molecule is CCCCCCOC(=O)CCCCCCCN(CCCN)CCCCCCCC(=O)OC(CCCCC)CCCCC. The number of carbonyl (C=O) groups is 2. The van der Waals surface area contributed by atoms with E-state index >= 15 is 0 Å². The average Bonchev–Trinajstić information content (AvgIpc) is 2.98. The van der Waals surface area contributed by atoms with Crippen LogP contribution in [0.3, 0.4) is 0 Å². The molecule has 0 aliphatic carbocycles. The van der Waals surface area contributed by atoms with Crippen LogP contribution in [0.25, 0.3) is 0 Å². The summed E-state index contributed by atoms with van der Waals surface area (Å²) in [6.07, 6.45) is 27.5. The molecule has 0 rings (SSSR count). The number of nitrogens with two attached hydrogens (primary N) is 1. The van der Waals surface area contributed by atoms with E-state index in [9.17, 15) is 9.59 Å². The highest BCUT2D eigenvalue weighted by molar-refractivity contribution is 5.69. The Morgan fingerprint density at radius 2 is 1.00 bits per heavy atom. The van der Waals surface area contributed by atoms with E-state index in [4.69, 9.17) is 15.2 Å². The molecule has 0 saturated heterocycles. The van der Waals surface area contributed by atoms with Gasteiger partial charge in [-0.05, 0) is 90.4 Å². The number of carbonyl (C=O) groups excluding carboxylic acids is 2. The Kier molecular flexibility index (Phi) is 31.9. The second-order valence-electron chi connectivity index (χ2n) is 12.4. The van der Waals surface area contributed by atoms with Crippen molar-refractivity contribution >= 4 is 11.9 Å².